The third kappa shape index (κ3) is 2.51. The minimum absolute atomic E-state index is 0.149. The Bertz CT molecular complexity index is 775. The van der Waals surface area contributed by atoms with Gasteiger partial charge >= 0.3 is 0 Å². The van der Waals surface area contributed by atoms with Crippen LogP contribution in [0.1, 0.15) is 30.4 Å². The maximum Gasteiger partial charge on any atom is 0.231 e. The molecule has 1 N–H and O–H groups in total. The van der Waals surface area contributed by atoms with E-state index in [1.807, 2.05) is 31.2 Å². The third-order valence-corrected chi connectivity index (χ3v) is 4.45. The topological polar surface area (TPSA) is 39.7 Å². The van der Waals surface area contributed by atoms with Crippen molar-refractivity contribution in [2.24, 2.45) is 0 Å². The molecule has 4 nitrogen and oxygen atoms in total. The number of benzene rings is 2. The smallest absolute Gasteiger partial charge is 0.231 e. The zero-order valence-electron chi connectivity index (χ0n) is 12.8. The molecule has 23 heavy (non-hydrogen) atoms. The lowest BCUT2D eigenvalue weighted by Crippen LogP contribution is -2.22. The Morgan fingerprint density at radius 3 is 2.78 bits per heavy atom. The van der Waals surface area contributed by atoms with Gasteiger partial charge in [-0.2, -0.15) is 0 Å². The van der Waals surface area contributed by atoms with E-state index in [2.05, 4.69) is 17.4 Å². The van der Waals surface area contributed by atoms with E-state index in [4.69, 9.17) is 26.4 Å². The fraction of sp³-hybridized carbons (Fsp3) is 0.278. The second kappa shape index (κ2) is 5.74. The van der Waals surface area contributed by atoms with Gasteiger partial charge < -0.3 is 19.5 Å². The normalized spacial score (nSPS) is 18.3. The third-order valence-electron chi connectivity index (χ3n) is 4.18. The summed E-state index contributed by atoms with van der Waals surface area (Å²) >= 11 is 5.47. The van der Waals surface area contributed by atoms with Gasteiger partial charge in [0.25, 0.3) is 0 Å². The van der Waals surface area contributed by atoms with Gasteiger partial charge in [0.05, 0.1) is 11.6 Å². The predicted octanol–water partition coefficient (Wildman–Crippen LogP) is 4.09. The predicted molar refractivity (Wildman–Crippen MR) is 92.9 cm³/mol. The molecule has 2 aromatic carbocycles. The Hall–Kier alpha value is -2.27. The van der Waals surface area contributed by atoms with E-state index in [9.17, 15) is 0 Å². The van der Waals surface area contributed by atoms with Crippen LogP contribution in [-0.4, -0.2) is 18.4 Å². The van der Waals surface area contributed by atoms with E-state index in [0.717, 1.165) is 45.5 Å². The first-order valence-corrected chi connectivity index (χ1v) is 8.12. The highest BCUT2D eigenvalue weighted by atomic mass is 32.1. The van der Waals surface area contributed by atoms with Crippen LogP contribution >= 0.6 is 12.2 Å². The fourth-order valence-electron chi connectivity index (χ4n) is 3.18. The number of nitrogens with one attached hydrogen (secondary N) is 1. The number of thiocarbonyl (C=S) groups is 1. The summed E-state index contributed by atoms with van der Waals surface area (Å²) in [5.41, 5.74) is 3.30. The zero-order valence-corrected chi connectivity index (χ0v) is 13.6. The fourth-order valence-corrected chi connectivity index (χ4v) is 3.46. The largest absolute Gasteiger partial charge is 0.494 e. The summed E-state index contributed by atoms with van der Waals surface area (Å²) in [6.07, 6.45) is 0.756. The molecule has 0 fully saturated rings. The Balaban J connectivity index is 1.83. The van der Waals surface area contributed by atoms with Crippen molar-refractivity contribution in [1.29, 1.82) is 0 Å². The molecule has 0 radical (unpaired) electrons. The zero-order chi connectivity index (χ0) is 15.8. The van der Waals surface area contributed by atoms with E-state index in [-0.39, 0.29) is 12.7 Å². The standard InChI is InChI=1S/C18H17NO3S/c1-2-20-15-6-4-3-5-11(15)12-8-18(23)19-14-9-17-16(7-13(12)14)21-10-22-17/h3-7,9,12H,2,8,10H2,1H3,(H,19,23)/t12-/m1/s1. The van der Waals surface area contributed by atoms with Crippen LogP contribution in [0.5, 0.6) is 17.2 Å². The molecule has 2 aliphatic rings. The molecule has 0 amide bonds. The van der Waals surface area contributed by atoms with Crippen molar-refractivity contribution in [3.63, 3.8) is 0 Å². The van der Waals surface area contributed by atoms with Crippen LogP contribution in [0, 0.1) is 0 Å². The van der Waals surface area contributed by atoms with Crippen molar-refractivity contribution in [2.45, 2.75) is 19.3 Å². The first-order chi connectivity index (χ1) is 11.3. The van der Waals surface area contributed by atoms with Crippen LogP contribution in [0.3, 0.4) is 0 Å². The Kier molecular flexibility index (Phi) is 3.58. The highest BCUT2D eigenvalue weighted by Crippen LogP contribution is 2.46. The number of anilines is 1. The molecule has 0 aromatic heterocycles. The maximum absolute atomic E-state index is 5.81. The molecule has 0 aliphatic carbocycles. The van der Waals surface area contributed by atoms with Crippen molar-refractivity contribution in [3.05, 3.63) is 47.5 Å². The van der Waals surface area contributed by atoms with Crippen molar-refractivity contribution in [2.75, 3.05) is 18.7 Å². The molecule has 5 heteroatoms. The van der Waals surface area contributed by atoms with E-state index < -0.39 is 0 Å². The van der Waals surface area contributed by atoms with Gasteiger partial charge in [-0.05, 0) is 24.6 Å². The van der Waals surface area contributed by atoms with Gasteiger partial charge in [0.2, 0.25) is 6.79 Å². The van der Waals surface area contributed by atoms with Crippen LogP contribution in [0.4, 0.5) is 5.69 Å². The number of fused-ring (bicyclic) bond motifs is 2. The van der Waals surface area contributed by atoms with E-state index in [1.54, 1.807) is 0 Å². The van der Waals surface area contributed by atoms with Crippen molar-refractivity contribution in [1.82, 2.24) is 0 Å². The van der Waals surface area contributed by atoms with Gasteiger partial charge in [-0.1, -0.05) is 30.4 Å². The first-order valence-electron chi connectivity index (χ1n) is 7.71. The minimum Gasteiger partial charge on any atom is -0.494 e. The highest BCUT2D eigenvalue weighted by Gasteiger charge is 2.29. The molecule has 4 rings (SSSR count). The molecule has 0 unspecified atom stereocenters. The second-order valence-electron chi connectivity index (χ2n) is 5.57. The highest BCUT2D eigenvalue weighted by molar-refractivity contribution is 7.80. The number of ether oxygens (including phenoxy) is 3. The van der Waals surface area contributed by atoms with Crippen molar-refractivity contribution >= 4 is 22.9 Å². The summed E-state index contributed by atoms with van der Waals surface area (Å²) in [4.78, 5) is 0.827. The lowest BCUT2D eigenvalue weighted by molar-refractivity contribution is 0.174. The summed E-state index contributed by atoms with van der Waals surface area (Å²) in [6.45, 7) is 2.90. The van der Waals surface area contributed by atoms with Crippen LogP contribution in [0.15, 0.2) is 36.4 Å². The van der Waals surface area contributed by atoms with Crippen LogP contribution in [-0.2, 0) is 0 Å². The van der Waals surface area contributed by atoms with Crippen LogP contribution < -0.4 is 19.5 Å². The van der Waals surface area contributed by atoms with E-state index in [0.29, 0.717) is 6.61 Å². The molecule has 118 valence electrons. The SMILES string of the molecule is CCOc1ccccc1[C@H]1CC(=S)Nc2cc3c(cc21)OCO3. The molecular weight excluding hydrogens is 310 g/mol. The number of hydrogen-bond acceptors (Lipinski definition) is 4. The van der Waals surface area contributed by atoms with E-state index in [1.165, 1.54) is 0 Å². The minimum atomic E-state index is 0.149. The number of para-hydroxylation sites is 1. The molecule has 2 aromatic rings. The second-order valence-corrected chi connectivity index (χ2v) is 6.06. The van der Waals surface area contributed by atoms with Gasteiger partial charge in [0.1, 0.15) is 5.75 Å². The van der Waals surface area contributed by atoms with Gasteiger partial charge in [0, 0.05) is 29.7 Å². The number of rotatable bonds is 3. The Morgan fingerprint density at radius 1 is 1.17 bits per heavy atom. The van der Waals surface area contributed by atoms with Gasteiger partial charge in [-0.3, -0.25) is 0 Å². The lowest BCUT2D eigenvalue weighted by Gasteiger charge is -2.29. The molecule has 0 bridgehead atoms. The van der Waals surface area contributed by atoms with Gasteiger partial charge in [-0.25, -0.2) is 0 Å². The van der Waals surface area contributed by atoms with E-state index >= 15 is 0 Å². The summed E-state index contributed by atoms with van der Waals surface area (Å²) < 4.78 is 16.8. The lowest BCUT2D eigenvalue weighted by atomic mass is 9.84. The molecule has 0 spiro atoms. The van der Waals surface area contributed by atoms with Crippen molar-refractivity contribution < 1.29 is 14.2 Å². The summed E-state index contributed by atoms with van der Waals surface area (Å²) in [6, 6.07) is 12.2. The van der Waals surface area contributed by atoms with Gasteiger partial charge in [0.15, 0.2) is 11.5 Å². The average Bonchev–Trinajstić information content (AvgIpc) is 3.00. The Labute approximate surface area is 140 Å². The molecule has 0 saturated carbocycles. The van der Waals surface area contributed by atoms with Crippen molar-refractivity contribution in [3.8, 4) is 17.2 Å². The number of hydrogen-bond donors (Lipinski definition) is 1. The first kappa shape index (κ1) is 14.3. The maximum atomic E-state index is 5.81. The molecule has 0 saturated heterocycles. The van der Waals surface area contributed by atoms with Gasteiger partial charge in [-0.15, -0.1) is 0 Å². The summed E-state index contributed by atoms with van der Waals surface area (Å²) in [7, 11) is 0. The summed E-state index contributed by atoms with van der Waals surface area (Å²) in [5, 5.41) is 3.30. The molecule has 1 atom stereocenters. The monoisotopic (exact) mass is 327 g/mol. The van der Waals surface area contributed by atoms with Crippen LogP contribution in [0.25, 0.3) is 0 Å². The molecular formula is C18H17NO3S. The quantitative estimate of drug-likeness (QED) is 0.860. The molecule has 2 heterocycles. The Morgan fingerprint density at radius 2 is 1.96 bits per heavy atom. The molecule has 2 aliphatic heterocycles. The average molecular weight is 327 g/mol. The van der Waals surface area contributed by atoms with Crippen LogP contribution in [0.2, 0.25) is 0 Å². The summed E-state index contributed by atoms with van der Waals surface area (Å²) in [5.74, 6) is 2.61.